The summed E-state index contributed by atoms with van der Waals surface area (Å²) in [5, 5.41) is 12.4. The Morgan fingerprint density at radius 3 is 2.74 bits per heavy atom. The number of nitrogen functional groups attached to an aromatic ring is 1. The Morgan fingerprint density at radius 1 is 1.32 bits per heavy atom. The smallest absolute Gasteiger partial charge is 0.359 e. The van der Waals surface area contributed by atoms with Crippen molar-refractivity contribution in [1.29, 1.82) is 0 Å². The summed E-state index contributed by atoms with van der Waals surface area (Å²) in [5.41, 5.74) is 6.93. The molecule has 19 heavy (non-hydrogen) atoms. The van der Waals surface area contributed by atoms with Crippen molar-refractivity contribution in [2.24, 2.45) is 0 Å². The first kappa shape index (κ1) is 12.6. The van der Waals surface area contributed by atoms with Crippen LogP contribution in [-0.2, 0) is 9.53 Å². The zero-order valence-electron chi connectivity index (χ0n) is 9.81. The zero-order chi connectivity index (χ0) is 13.8. The molecule has 0 unspecified atom stereocenters. The molecule has 0 aliphatic rings. The lowest BCUT2D eigenvalue weighted by Gasteiger charge is -2.04. The van der Waals surface area contributed by atoms with Crippen LogP contribution in [0.4, 0.5) is 5.69 Å². The molecule has 0 aliphatic carbocycles. The van der Waals surface area contributed by atoms with Gasteiger partial charge >= 0.3 is 11.9 Å². The summed E-state index contributed by atoms with van der Waals surface area (Å²) < 4.78 is 5.95. The molecule has 1 aromatic heterocycles. The Kier molecular flexibility index (Phi) is 3.46. The van der Waals surface area contributed by atoms with E-state index in [4.69, 9.17) is 10.8 Å². The Bertz CT molecular complexity index is 621. The second kappa shape index (κ2) is 5.21. The van der Waals surface area contributed by atoms with E-state index in [2.05, 4.69) is 9.84 Å². The lowest BCUT2D eigenvalue weighted by Crippen LogP contribution is -2.14. The van der Waals surface area contributed by atoms with Gasteiger partial charge in [0.15, 0.2) is 12.3 Å². The van der Waals surface area contributed by atoms with E-state index in [0.29, 0.717) is 11.4 Å². The van der Waals surface area contributed by atoms with Crippen molar-refractivity contribution in [3.8, 4) is 5.69 Å². The van der Waals surface area contributed by atoms with E-state index in [-0.39, 0.29) is 5.69 Å². The molecule has 0 bridgehead atoms. The lowest BCUT2D eigenvalue weighted by molar-refractivity contribution is -0.140. The average molecular weight is 261 g/mol. The predicted molar refractivity (Wildman–Crippen MR) is 65.9 cm³/mol. The number of benzene rings is 1. The maximum atomic E-state index is 11.5. The van der Waals surface area contributed by atoms with Crippen molar-refractivity contribution >= 4 is 17.6 Å². The van der Waals surface area contributed by atoms with Crippen LogP contribution in [0.3, 0.4) is 0 Å². The van der Waals surface area contributed by atoms with Crippen molar-refractivity contribution in [3.63, 3.8) is 0 Å². The molecule has 0 aliphatic heterocycles. The second-order valence-corrected chi connectivity index (χ2v) is 3.67. The SMILES string of the molecule is Nc1ccccc1-n1ccc(C(=O)OCC(=O)O)n1. The molecule has 1 aromatic carbocycles. The highest BCUT2D eigenvalue weighted by Crippen LogP contribution is 2.15. The van der Waals surface area contributed by atoms with Crippen LogP contribution in [0.2, 0.25) is 0 Å². The maximum Gasteiger partial charge on any atom is 0.359 e. The van der Waals surface area contributed by atoms with Gasteiger partial charge in [0.2, 0.25) is 0 Å². The highest BCUT2D eigenvalue weighted by Gasteiger charge is 2.13. The average Bonchev–Trinajstić information content (AvgIpc) is 2.86. The largest absolute Gasteiger partial charge is 0.479 e. The number of para-hydroxylation sites is 2. The summed E-state index contributed by atoms with van der Waals surface area (Å²) in [4.78, 5) is 21.8. The molecule has 7 heteroatoms. The number of aromatic nitrogens is 2. The van der Waals surface area contributed by atoms with Gasteiger partial charge in [0.25, 0.3) is 0 Å². The minimum absolute atomic E-state index is 0.0181. The number of carboxylic acids is 1. The minimum atomic E-state index is -1.22. The summed E-state index contributed by atoms with van der Waals surface area (Å²) in [6, 6.07) is 8.45. The number of anilines is 1. The third-order valence-corrected chi connectivity index (χ3v) is 2.31. The van der Waals surface area contributed by atoms with Crippen molar-refractivity contribution in [2.45, 2.75) is 0 Å². The van der Waals surface area contributed by atoms with E-state index in [0.717, 1.165) is 0 Å². The van der Waals surface area contributed by atoms with Gasteiger partial charge in [-0.05, 0) is 18.2 Å². The van der Waals surface area contributed by atoms with Crippen LogP contribution in [0.25, 0.3) is 5.69 Å². The molecular weight excluding hydrogens is 250 g/mol. The van der Waals surface area contributed by atoms with Gasteiger partial charge in [-0.25, -0.2) is 14.3 Å². The van der Waals surface area contributed by atoms with Crippen LogP contribution in [-0.4, -0.2) is 33.4 Å². The van der Waals surface area contributed by atoms with Crippen LogP contribution in [0.15, 0.2) is 36.5 Å². The third-order valence-electron chi connectivity index (χ3n) is 2.31. The summed E-state index contributed by atoms with van der Waals surface area (Å²) in [6.07, 6.45) is 1.54. The number of hydrogen-bond donors (Lipinski definition) is 2. The van der Waals surface area contributed by atoms with Crippen molar-refractivity contribution in [2.75, 3.05) is 12.3 Å². The van der Waals surface area contributed by atoms with E-state index in [1.807, 2.05) is 0 Å². The number of rotatable bonds is 4. The molecule has 3 N–H and O–H groups in total. The molecule has 0 amide bonds. The Morgan fingerprint density at radius 2 is 2.05 bits per heavy atom. The van der Waals surface area contributed by atoms with Gasteiger partial charge in [0.05, 0.1) is 11.4 Å². The van der Waals surface area contributed by atoms with Crippen LogP contribution < -0.4 is 5.73 Å². The summed E-state index contributed by atoms with van der Waals surface area (Å²) >= 11 is 0. The Labute approximate surface area is 108 Å². The van der Waals surface area contributed by atoms with Crippen LogP contribution in [0, 0.1) is 0 Å². The number of nitrogens with zero attached hydrogens (tertiary/aromatic N) is 2. The number of carbonyl (C=O) groups is 2. The fourth-order valence-electron chi connectivity index (χ4n) is 1.46. The molecule has 98 valence electrons. The molecule has 7 nitrogen and oxygen atoms in total. The highest BCUT2D eigenvalue weighted by molar-refractivity contribution is 5.88. The fraction of sp³-hybridized carbons (Fsp3) is 0.0833. The quantitative estimate of drug-likeness (QED) is 0.619. The summed E-state index contributed by atoms with van der Waals surface area (Å²) in [5.74, 6) is -2.02. The number of ether oxygens (including phenoxy) is 1. The van der Waals surface area contributed by atoms with Gasteiger partial charge in [-0.1, -0.05) is 12.1 Å². The van der Waals surface area contributed by atoms with Gasteiger partial charge in [-0.2, -0.15) is 5.10 Å². The number of hydrogen-bond acceptors (Lipinski definition) is 5. The van der Waals surface area contributed by atoms with Gasteiger partial charge in [-0.15, -0.1) is 0 Å². The van der Waals surface area contributed by atoms with Gasteiger partial charge < -0.3 is 15.6 Å². The topological polar surface area (TPSA) is 107 Å². The highest BCUT2D eigenvalue weighted by atomic mass is 16.5. The van der Waals surface area contributed by atoms with Crippen LogP contribution in [0.5, 0.6) is 0 Å². The number of aliphatic carboxylic acids is 1. The van der Waals surface area contributed by atoms with E-state index >= 15 is 0 Å². The van der Waals surface area contributed by atoms with Gasteiger partial charge in [0.1, 0.15) is 0 Å². The lowest BCUT2D eigenvalue weighted by atomic mass is 10.3. The molecule has 0 saturated carbocycles. The standard InChI is InChI=1S/C12H11N3O4/c13-8-3-1-2-4-10(8)15-6-5-9(14-15)12(18)19-7-11(16)17/h1-6H,7,13H2,(H,16,17). The van der Waals surface area contributed by atoms with Crippen LogP contribution in [0.1, 0.15) is 10.5 Å². The normalized spacial score (nSPS) is 10.1. The molecule has 1 heterocycles. The third kappa shape index (κ3) is 2.89. The molecule has 2 rings (SSSR count). The Balaban J connectivity index is 2.18. The Hall–Kier alpha value is -2.83. The molecule has 0 radical (unpaired) electrons. The molecule has 0 spiro atoms. The molecule has 0 fully saturated rings. The van der Waals surface area contributed by atoms with E-state index in [1.165, 1.54) is 10.7 Å². The van der Waals surface area contributed by atoms with Crippen LogP contribution >= 0.6 is 0 Å². The number of carboxylic acid groups (broad SMARTS) is 1. The van der Waals surface area contributed by atoms with E-state index in [1.54, 1.807) is 30.5 Å². The summed E-state index contributed by atoms with van der Waals surface area (Å²) in [7, 11) is 0. The minimum Gasteiger partial charge on any atom is -0.479 e. The number of nitrogens with two attached hydrogens (primary N) is 1. The fourth-order valence-corrected chi connectivity index (χ4v) is 1.46. The van der Waals surface area contributed by atoms with Crippen molar-refractivity contribution in [3.05, 3.63) is 42.2 Å². The molecule has 0 saturated heterocycles. The predicted octanol–water partition coefficient (Wildman–Crippen LogP) is 0.696. The van der Waals surface area contributed by atoms with Gasteiger partial charge in [0, 0.05) is 6.20 Å². The molecule has 0 atom stereocenters. The number of carbonyl (C=O) groups excluding carboxylic acids is 1. The van der Waals surface area contributed by atoms with E-state index in [9.17, 15) is 9.59 Å². The number of esters is 1. The monoisotopic (exact) mass is 261 g/mol. The molecular formula is C12H11N3O4. The summed E-state index contributed by atoms with van der Waals surface area (Å²) in [6.45, 7) is -0.695. The first-order valence-corrected chi connectivity index (χ1v) is 5.37. The zero-order valence-corrected chi connectivity index (χ0v) is 9.81. The molecule has 2 aromatic rings. The van der Waals surface area contributed by atoms with Crippen molar-refractivity contribution in [1.82, 2.24) is 9.78 Å². The first-order valence-electron chi connectivity index (χ1n) is 5.37. The maximum absolute atomic E-state index is 11.5. The first-order chi connectivity index (χ1) is 9.08. The van der Waals surface area contributed by atoms with Crippen molar-refractivity contribution < 1.29 is 19.4 Å². The second-order valence-electron chi connectivity index (χ2n) is 3.67. The van der Waals surface area contributed by atoms with Gasteiger partial charge in [-0.3, -0.25) is 0 Å². The van der Waals surface area contributed by atoms with E-state index < -0.39 is 18.5 Å².